The molecule has 0 saturated heterocycles. The molecule has 8 heteroatoms. The summed E-state index contributed by atoms with van der Waals surface area (Å²) >= 11 is 0. The van der Waals surface area contributed by atoms with Crippen LogP contribution in [-0.2, 0) is 17.9 Å². The molecule has 2 N–H and O–H groups in total. The Morgan fingerprint density at radius 3 is 2.78 bits per heavy atom. The summed E-state index contributed by atoms with van der Waals surface area (Å²) in [6.07, 6.45) is 2.46. The number of rotatable bonds is 10. The molecule has 0 atom stereocenters. The number of nitrogens with one attached hydrogen (secondary N) is 2. The number of hydrogen-bond donors (Lipinski definition) is 2. The first-order valence-corrected chi connectivity index (χ1v) is 8.68. The number of aliphatic imine (C=N–C) groups is 1. The lowest BCUT2D eigenvalue weighted by Gasteiger charge is -2.12. The van der Waals surface area contributed by atoms with Crippen molar-refractivity contribution in [2.24, 2.45) is 4.99 Å². The van der Waals surface area contributed by atoms with Gasteiger partial charge in [0.25, 0.3) is 0 Å². The van der Waals surface area contributed by atoms with Crippen LogP contribution in [0.25, 0.3) is 0 Å². The van der Waals surface area contributed by atoms with Crippen molar-refractivity contribution in [3.8, 4) is 5.75 Å². The first kappa shape index (κ1) is 23.2. The molecule has 0 spiro atoms. The van der Waals surface area contributed by atoms with Gasteiger partial charge in [-0.1, -0.05) is 6.07 Å². The van der Waals surface area contributed by atoms with E-state index in [1.54, 1.807) is 19.4 Å². The molecule has 0 unspecified atom stereocenters. The third kappa shape index (κ3) is 8.61. The second kappa shape index (κ2) is 13.4. The van der Waals surface area contributed by atoms with Gasteiger partial charge in [-0.25, -0.2) is 4.39 Å². The molecule has 6 nitrogen and oxygen atoms in total. The van der Waals surface area contributed by atoms with Crippen LogP contribution >= 0.6 is 24.0 Å². The zero-order chi connectivity index (χ0) is 18.6. The molecule has 0 radical (unpaired) electrons. The van der Waals surface area contributed by atoms with Crippen LogP contribution in [-0.4, -0.2) is 32.8 Å². The highest BCUT2D eigenvalue weighted by Crippen LogP contribution is 2.18. The van der Waals surface area contributed by atoms with Crippen molar-refractivity contribution in [1.29, 1.82) is 0 Å². The average Bonchev–Trinajstić information content (AvgIpc) is 3.16. The Hall–Kier alpha value is -1.81. The molecule has 0 amide bonds. The summed E-state index contributed by atoms with van der Waals surface area (Å²) in [7, 11) is 1.70. The minimum absolute atomic E-state index is 0. The number of benzene rings is 1. The van der Waals surface area contributed by atoms with Gasteiger partial charge in [-0.2, -0.15) is 0 Å². The van der Waals surface area contributed by atoms with E-state index < -0.39 is 0 Å². The van der Waals surface area contributed by atoms with E-state index in [4.69, 9.17) is 13.9 Å². The van der Waals surface area contributed by atoms with Gasteiger partial charge in [-0.3, -0.25) is 4.99 Å². The zero-order valence-corrected chi connectivity index (χ0v) is 18.0. The molecule has 0 aliphatic carbocycles. The molecule has 1 heterocycles. The summed E-state index contributed by atoms with van der Waals surface area (Å²) in [5.74, 6) is 1.39. The minimum atomic E-state index is -0.359. The summed E-state index contributed by atoms with van der Waals surface area (Å²) in [5, 5.41) is 6.35. The summed E-state index contributed by atoms with van der Waals surface area (Å²) < 4.78 is 29.8. The maximum absolute atomic E-state index is 13.8. The maximum atomic E-state index is 13.8. The van der Waals surface area contributed by atoms with Crippen molar-refractivity contribution in [2.45, 2.75) is 26.5 Å². The van der Waals surface area contributed by atoms with E-state index in [1.807, 2.05) is 25.1 Å². The van der Waals surface area contributed by atoms with Gasteiger partial charge in [-0.05, 0) is 43.2 Å². The molecule has 0 aliphatic rings. The fourth-order valence-electron chi connectivity index (χ4n) is 2.28. The Bertz CT molecular complexity index is 681. The van der Waals surface area contributed by atoms with Crippen molar-refractivity contribution in [3.63, 3.8) is 0 Å². The summed E-state index contributed by atoms with van der Waals surface area (Å²) in [6.45, 7) is 4.55. The largest absolute Gasteiger partial charge is 0.491 e. The monoisotopic (exact) mass is 491 g/mol. The Morgan fingerprint density at radius 2 is 2.11 bits per heavy atom. The van der Waals surface area contributed by atoms with Crippen LogP contribution in [0, 0.1) is 5.82 Å². The van der Waals surface area contributed by atoms with E-state index in [2.05, 4.69) is 15.6 Å². The summed E-state index contributed by atoms with van der Waals surface area (Å²) in [4.78, 5) is 4.15. The zero-order valence-electron chi connectivity index (χ0n) is 15.7. The van der Waals surface area contributed by atoms with Crippen LogP contribution in [0.2, 0.25) is 0 Å². The fraction of sp³-hybridized carbons (Fsp3) is 0.421. The minimum Gasteiger partial charge on any atom is -0.491 e. The van der Waals surface area contributed by atoms with E-state index in [0.717, 1.165) is 24.3 Å². The molecular weight excluding hydrogens is 464 g/mol. The number of furan rings is 1. The summed E-state index contributed by atoms with van der Waals surface area (Å²) in [5.41, 5.74) is 0.815. The normalized spacial score (nSPS) is 11.0. The summed E-state index contributed by atoms with van der Waals surface area (Å²) in [6, 6.07) is 8.66. The molecular formula is C19H27FIN3O3. The van der Waals surface area contributed by atoms with Crippen molar-refractivity contribution in [2.75, 3.05) is 26.8 Å². The van der Waals surface area contributed by atoms with Gasteiger partial charge in [-0.15, -0.1) is 24.0 Å². The highest BCUT2D eigenvalue weighted by molar-refractivity contribution is 14.0. The van der Waals surface area contributed by atoms with Crippen molar-refractivity contribution >= 4 is 29.9 Å². The SMILES string of the molecule is CCOc1ccc(CNC(=NC)NCCCOCc2ccco2)cc1F.I. The second-order valence-corrected chi connectivity index (χ2v) is 5.54. The third-order valence-electron chi connectivity index (χ3n) is 3.56. The van der Waals surface area contributed by atoms with E-state index in [1.165, 1.54) is 6.07 Å². The van der Waals surface area contributed by atoms with E-state index in [9.17, 15) is 4.39 Å². The smallest absolute Gasteiger partial charge is 0.191 e. The number of ether oxygens (including phenoxy) is 2. The number of guanidine groups is 1. The second-order valence-electron chi connectivity index (χ2n) is 5.54. The predicted octanol–water partition coefficient (Wildman–Crippen LogP) is 3.71. The van der Waals surface area contributed by atoms with Crippen molar-refractivity contribution in [1.82, 2.24) is 10.6 Å². The van der Waals surface area contributed by atoms with Crippen LogP contribution in [0.1, 0.15) is 24.7 Å². The van der Waals surface area contributed by atoms with Gasteiger partial charge in [0, 0.05) is 26.7 Å². The van der Waals surface area contributed by atoms with Crippen molar-refractivity contribution < 1.29 is 18.3 Å². The van der Waals surface area contributed by atoms with Crippen LogP contribution in [0.5, 0.6) is 5.75 Å². The van der Waals surface area contributed by atoms with Crippen LogP contribution in [0.4, 0.5) is 4.39 Å². The van der Waals surface area contributed by atoms with Crippen LogP contribution in [0.15, 0.2) is 46.0 Å². The molecule has 2 aromatic rings. The van der Waals surface area contributed by atoms with E-state index >= 15 is 0 Å². The first-order valence-electron chi connectivity index (χ1n) is 8.68. The lowest BCUT2D eigenvalue weighted by atomic mass is 10.2. The molecule has 1 aromatic carbocycles. The molecule has 27 heavy (non-hydrogen) atoms. The highest BCUT2D eigenvalue weighted by Gasteiger charge is 2.05. The highest BCUT2D eigenvalue weighted by atomic mass is 127. The Balaban J connectivity index is 0.00000364. The average molecular weight is 491 g/mol. The van der Waals surface area contributed by atoms with Crippen LogP contribution in [0.3, 0.4) is 0 Å². The molecule has 1 aromatic heterocycles. The lowest BCUT2D eigenvalue weighted by Crippen LogP contribution is -2.37. The predicted molar refractivity (Wildman–Crippen MR) is 114 cm³/mol. The van der Waals surface area contributed by atoms with Crippen molar-refractivity contribution in [3.05, 3.63) is 53.7 Å². The number of hydrogen-bond acceptors (Lipinski definition) is 4. The van der Waals surface area contributed by atoms with Crippen LogP contribution < -0.4 is 15.4 Å². The fourth-order valence-corrected chi connectivity index (χ4v) is 2.28. The maximum Gasteiger partial charge on any atom is 0.191 e. The van der Waals surface area contributed by atoms with Gasteiger partial charge in [0.15, 0.2) is 17.5 Å². The standard InChI is InChI=1S/C19H26FN3O3.HI/c1-3-25-18-8-7-15(12-17(18)20)13-23-19(21-2)22-9-5-10-24-14-16-6-4-11-26-16;/h4,6-8,11-12H,3,5,9-10,13-14H2,1-2H3,(H2,21,22,23);1H. The van der Waals surface area contributed by atoms with E-state index in [0.29, 0.717) is 32.3 Å². The van der Waals surface area contributed by atoms with Gasteiger partial charge in [0.1, 0.15) is 12.4 Å². The molecule has 0 saturated carbocycles. The molecule has 0 aliphatic heterocycles. The van der Waals surface area contributed by atoms with Gasteiger partial charge >= 0.3 is 0 Å². The van der Waals surface area contributed by atoms with Gasteiger partial charge in [0.05, 0.1) is 12.9 Å². The molecule has 2 rings (SSSR count). The Labute approximate surface area is 176 Å². The third-order valence-corrected chi connectivity index (χ3v) is 3.56. The topological polar surface area (TPSA) is 68.0 Å². The quantitative estimate of drug-likeness (QED) is 0.230. The molecule has 0 bridgehead atoms. The van der Waals surface area contributed by atoms with Gasteiger partial charge in [0.2, 0.25) is 0 Å². The number of halogens is 2. The van der Waals surface area contributed by atoms with E-state index in [-0.39, 0.29) is 35.5 Å². The Morgan fingerprint density at radius 1 is 1.26 bits per heavy atom. The molecule has 150 valence electrons. The Kier molecular flexibility index (Phi) is 11.5. The molecule has 0 fully saturated rings. The first-order chi connectivity index (χ1) is 12.7. The van der Waals surface area contributed by atoms with Gasteiger partial charge < -0.3 is 24.5 Å². The lowest BCUT2D eigenvalue weighted by molar-refractivity contribution is 0.105. The number of nitrogens with zero attached hydrogens (tertiary/aromatic N) is 1.